The molecule has 0 aliphatic carbocycles. The number of hydrogen-bond donors (Lipinski definition) is 2. The van der Waals surface area contributed by atoms with Gasteiger partial charge in [-0.1, -0.05) is 0 Å². The van der Waals surface area contributed by atoms with Crippen LogP contribution < -0.4 is 5.32 Å². The largest absolute Gasteiger partial charge is 0.453 e. The first-order valence-electron chi connectivity index (χ1n) is 6.23. The predicted octanol–water partition coefficient (Wildman–Crippen LogP) is -0.469. The van der Waals surface area contributed by atoms with Gasteiger partial charge in [-0.3, -0.25) is 9.59 Å². The van der Waals surface area contributed by atoms with E-state index in [2.05, 4.69) is 10.1 Å². The number of ether oxygens (including phenoxy) is 1. The molecule has 7 nitrogen and oxygen atoms in total. The number of amides is 2. The van der Waals surface area contributed by atoms with E-state index in [0.717, 1.165) is 0 Å². The zero-order chi connectivity index (χ0) is 14.4. The van der Waals surface area contributed by atoms with Gasteiger partial charge in [-0.05, 0) is 18.8 Å². The van der Waals surface area contributed by atoms with Gasteiger partial charge in [-0.25, -0.2) is 4.79 Å². The number of methoxy groups -OCH3 is 1. The number of Topliss-reactive ketones (excluding diaryl/α,β-unsaturated/α-hetero) is 1. The third-order valence-corrected chi connectivity index (χ3v) is 3.42. The Morgan fingerprint density at radius 3 is 2.37 bits per heavy atom. The van der Waals surface area contributed by atoms with Crippen LogP contribution in [-0.2, 0) is 14.3 Å². The molecule has 0 aromatic carbocycles. The van der Waals surface area contributed by atoms with Crippen molar-refractivity contribution < 1.29 is 24.2 Å². The molecule has 0 bridgehead atoms. The maximum absolute atomic E-state index is 11.7. The van der Waals surface area contributed by atoms with Crippen molar-refractivity contribution in [2.75, 3.05) is 26.8 Å². The summed E-state index contributed by atoms with van der Waals surface area (Å²) >= 11 is 0. The van der Waals surface area contributed by atoms with Crippen molar-refractivity contribution in [3.8, 4) is 0 Å². The van der Waals surface area contributed by atoms with E-state index in [1.165, 1.54) is 14.0 Å². The van der Waals surface area contributed by atoms with Crippen molar-refractivity contribution in [1.29, 1.82) is 0 Å². The average molecular weight is 272 g/mol. The average Bonchev–Trinajstić information content (AvgIpc) is 2.43. The molecule has 0 unspecified atom stereocenters. The highest BCUT2D eigenvalue weighted by Crippen LogP contribution is 2.21. The molecular formula is C12H20N2O5. The number of likely N-dealkylation sites (tertiary alicyclic amines) is 1. The molecule has 0 saturated carbocycles. The molecule has 0 spiro atoms. The summed E-state index contributed by atoms with van der Waals surface area (Å²) in [7, 11) is 1.22. The van der Waals surface area contributed by atoms with Gasteiger partial charge in [-0.15, -0.1) is 0 Å². The maximum Gasteiger partial charge on any atom is 0.407 e. The number of hydrogen-bond acceptors (Lipinski definition) is 5. The highest BCUT2D eigenvalue weighted by atomic mass is 16.5. The summed E-state index contributed by atoms with van der Waals surface area (Å²) < 4.78 is 4.48. The topological polar surface area (TPSA) is 95.9 Å². The van der Waals surface area contributed by atoms with E-state index < -0.39 is 24.5 Å². The van der Waals surface area contributed by atoms with Gasteiger partial charge in [0.05, 0.1) is 13.2 Å². The molecule has 2 N–H and O–H groups in total. The number of nitrogens with one attached hydrogen (secondary N) is 1. The van der Waals surface area contributed by atoms with Crippen LogP contribution in [0.5, 0.6) is 0 Å². The molecule has 1 rings (SSSR count). The fourth-order valence-corrected chi connectivity index (χ4v) is 2.29. The molecule has 0 aromatic rings. The number of nitrogens with zero attached hydrogens (tertiary/aromatic N) is 1. The Hall–Kier alpha value is -1.63. The lowest BCUT2D eigenvalue weighted by molar-refractivity contribution is -0.130. The Bertz CT molecular complexity index is 350. The van der Waals surface area contributed by atoms with E-state index in [1.807, 2.05) is 0 Å². The Morgan fingerprint density at radius 1 is 1.37 bits per heavy atom. The molecule has 1 fully saturated rings. The number of piperidine rings is 1. The van der Waals surface area contributed by atoms with E-state index in [-0.39, 0.29) is 11.8 Å². The van der Waals surface area contributed by atoms with Gasteiger partial charge in [0.2, 0.25) is 5.91 Å². The molecule has 1 saturated heterocycles. The number of ketones is 1. The van der Waals surface area contributed by atoms with Gasteiger partial charge in [0.15, 0.2) is 5.78 Å². The maximum atomic E-state index is 11.7. The molecule has 1 heterocycles. The minimum absolute atomic E-state index is 0.00409. The Balaban J connectivity index is 2.64. The minimum Gasteiger partial charge on any atom is -0.453 e. The van der Waals surface area contributed by atoms with E-state index in [4.69, 9.17) is 5.11 Å². The number of aliphatic hydroxyl groups excluding tert-OH is 1. The quantitative estimate of drug-likeness (QED) is 0.721. The Morgan fingerprint density at radius 2 is 1.95 bits per heavy atom. The van der Waals surface area contributed by atoms with E-state index in [0.29, 0.717) is 25.9 Å². The number of carbonyl (C=O) groups excluding carboxylic acids is 3. The van der Waals surface area contributed by atoms with Crippen molar-refractivity contribution >= 4 is 17.8 Å². The highest BCUT2D eigenvalue weighted by Gasteiger charge is 2.32. The first-order chi connectivity index (χ1) is 8.99. The first kappa shape index (κ1) is 15.4. The summed E-state index contributed by atoms with van der Waals surface area (Å²) in [5.41, 5.74) is 0. The van der Waals surface area contributed by atoms with E-state index in [9.17, 15) is 14.4 Å². The molecule has 2 amide bonds. The number of carbonyl (C=O) groups is 3. The Kier molecular flexibility index (Phi) is 5.75. The molecular weight excluding hydrogens is 252 g/mol. The summed E-state index contributed by atoms with van der Waals surface area (Å²) in [6, 6.07) is -0.758. The minimum atomic E-state index is -0.758. The molecule has 1 aliphatic heterocycles. The summed E-state index contributed by atoms with van der Waals surface area (Å²) in [6.07, 6.45) is 0.528. The van der Waals surface area contributed by atoms with E-state index in [1.54, 1.807) is 4.90 Å². The van der Waals surface area contributed by atoms with Crippen LogP contribution >= 0.6 is 0 Å². The molecule has 1 aliphatic rings. The van der Waals surface area contributed by atoms with Gasteiger partial charge in [-0.2, -0.15) is 0 Å². The summed E-state index contributed by atoms with van der Waals surface area (Å²) in [6.45, 7) is 1.99. The molecule has 7 heteroatoms. The third kappa shape index (κ3) is 4.20. The van der Waals surface area contributed by atoms with Crippen LogP contribution in [0.2, 0.25) is 0 Å². The summed E-state index contributed by atoms with van der Waals surface area (Å²) in [4.78, 5) is 35.8. The Labute approximate surface area is 111 Å². The zero-order valence-corrected chi connectivity index (χ0v) is 11.2. The van der Waals surface area contributed by atoms with Gasteiger partial charge in [0.25, 0.3) is 0 Å². The van der Waals surface area contributed by atoms with Crippen molar-refractivity contribution in [3.63, 3.8) is 0 Å². The fourth-order valence-electron chi connectivity index (χ4n) is 2.29. The van der Waals surface area contributed by atoms with Crippen molar-refractivity contribution in [2.24, 2.45) is 5.92 Å². The molecule has 1 atom stereocenters. The standard InChI is InChI=1S/C12H20N2O5/c1-8(16)14-5-3-9(4-6-14)11(10(17)7-15)13-12(18)19-2/h9,11,15H,3-7H2,1-2H3,(H,13,18)/t11-/m0/s1. The number of aliphatic hydroxyl groups is 1. The second-order valence-electron chi connectivity index (χ2n) is 4.58. The lowest BCUT2D eigenvalue weighted by atomic mass is 9.87. The van der Waals surface area contributed by atoms with Crippen LogP contribution in [-0.4, -0.2) is 60.6 Å². The summed E-state index contributed by atoms with van der Waals surface area (Å²) in [5.74, 6) is -0.523. The van der Waals surface area contributed by atoms with Crippen molar-refractivity contribution in [2.45, 2.75) is 25.8 Å². The van der Waals surface area contributed by atoms with Crippen molar-refractivity contribution in [1.82, 2.24) is 10.2 Å². The lowest BCUT2D eigenvalue weighted by Crippen LogP contribution is -2.50. The van der Waals surface area contributed by atoms with Gasteiger partial charge < -0.3 is 20.1 Å². The number of alkyl carbamates (subject to hydrolysis) is 1. The van der Waals surface area contributed by atoms with Crippen LogP contribution in [0.15, 0.2) is 0 Å². The molecule has 0 radical (unpaired) electrons. The van der Waals surface area contributed by atoms with Gasteiger partial charge >= 0.3 is 6.09 Å². The van der Waals surface area contributed by atoms with Crippen LogP contribution in [0.3, 0.4) is 0 Å². The SMILES string of the molecule is COC(=O)N[C@H](C(=O)CO)C1CCN(C(C)=O)CC1. The van der Waals surface area contributed by atoms with Crippen molar-refractivity contribution in [3.05, 3.63) is 0 Å². The molecule has 108 valence electrons. The number of rotatable bonds is 4. The van der Waals surface area contributed by atoms with Crippen LogP contribution in [0.1, 0.15) is 19.8 Å². The normalized spacial score (nSPS) is 17.7. The predicted molar refractivity (Wildman–Crippen MR) is 66.4 cm³/mol. The highest BCUT2D eigenvalue weighted by molar-refractivity contribution is 5.88. The van der Waals surface area contributed by atoms with Crippen LogP contribution in [0, 0.1) is 5.92 Å². The fraction of sp³-hybridized carbons (Fsp3) is 0.750. The zero-order valence-electron chi connectivity index (χ0n) is 11.2. The molecule has 0 aromatic heterocycles. The smallest absolute Gasteiger partial charge is 0.407 e. The summed E-state index contributed by atoms with van der Waals surface area (Å²) in [5, 5.41) is 11.4. The third-order valence-electron chi connectivity index (χ3n) is 3.42. The monoisotopic (exact) mass is 272 g/mol. The van der Waals surface area contributed by atoms with Crippen LogP contribution in [0.4, 0.5) is 4.79 Å². The van der Waals surface area contributed by atoms with E-state index >= 15 is 0 Å². The first-order valence-corrected chi connectivity index (χ1v) is 6.23. The van der Waals surface area contributed by atoms with Crippen LogP contribution in [0.25, 0.3) is 0 Å². The lowest BCUT2D eigenvalue weighted by Gasteiger charge is -2.34. The van der Waals surface area contributed by atoms with Gasteiger partial charge in [0.1, 0.15) is 6.61 Å². The second kappa shape index (κ2) is 7.08. The molecule has 19 heavy (non-hydrogen) atoms. The second-order valence-corrected chi connectivity index (χ2v) is 4.58. The van der Waals surface area contributed by atoms with Gasteiger partial charge in [0, 0.05) is 20.0 Å².